The molecule has 0 unspecified atom stereocenters. The van der Waals surface area contributed by atoms with E-state index < -0.39 is 0 Å². The Morgan fingerprint density at radius 2 is 1.62 bits per heavy atom. The minimum Gasteiger partial charge on any atom is -0.300 e. The van der Waals surface area contributed by atoms with Crippen molar-refractivity contribution in [1.82, 2.24) is 0 Å². The second kappa shape index (κ2) is 6.41. The van der Waals surface area contributed by atoms with Crippen molar-refractivity contribution >= 4 is 5.78 Å². The fraction of sp³-hybridized carbons (Fsp3) is 0.417. The van der Waals surface area contributed by atoms with Crippen molar-refractivity contribution in [2.24, 2.45) is 0 Å². The smallest absolute Gasteiger partial charge is 0.129 e. The largest absolute Gasteiger partial charge is 0.300 e. The van der Waals surface area contributed by atoms with E-state index in [-0.39, 0.29) is 5.78 Å². The maximum absolute atomic E-state index is 9.81. The monoisotopic (exact) mass is 178 g/mol. The molecule has 0 N–H and O–H groups in total. The van der Waals surface area contributed by atoms with Crippen LogP contribution in [0.3, 0.4) is 0 Å². The number of hydrogen-bond donors (Lipinski definition) is 0. The third-order valence-corrected chi connectivity index (χ3v) is 1.67. The molecular formula is C12H18O. The molecule has 0 atom stereocenters. The fourth-order valence-electron chi connectivity index (χ4n) is 0.807. The van der Waals surface area contributed by atoms with Crippen molar-refractivity contribution in [1.29, 1.82) is 0 Å². The minimum atomic E-state index is 0.255. The SMILES string of the molecule is CCC(C)=O.Cc1cccc(C)c1. The average Bonchev–Trinajstić information content (AvgIpc) is 2.05. The molecule has 0 saturated carbocycles. The van der Waals surface area contributed by atoms with E-state index in [9.17, 15) is 4.79 Å². The molecular weight excluding hydrogens is 160 g/mol. The number of rotatable bonds is 1. The standard InChI is InChI=1S/C8H10.C4H8O/c1-7-4-3-5-8(2)6-7;1-3-4(2)5/h3-6H,1-2H3;3H2,1-2H3. The maximum atomic E-state index is 9.81. The van der Waals surface area contributed by atoms with Crippen molar-refractivity contribution in [2.45, 2.75) is 34.1 Å². The van der Waals surface area contributed by atoms with Gasteiger partial charge in [-0.05, 0) is 20.8 Å². The van der Waals surface area contributed by atoms with Gasteiger partial charge in [0.15, 0.2) is 0 Å². The molecule has 0 aliphatic heterocycles. The Kier molecular flexibility index (Phi) is 5.86. The number of aryl methyl sites for hydroxylation is 2. The van der Waals surface area contributed by atoms with Crippen LogP contribution in [0.25, 0.3) is 0 Å². The van der Waals surface area contributed by atoms with Crippen molar-refractivity contribution in [3.63, 3.8) is 0 Å². The number of hydrogen-bond acceptors (Lipinski definition) is 1. The van der Waals surface area contributed by atoms with Gasteiger partial charge in [0.1, 0.15) is 5.78 Å². The van der Waals surface area contributed by atoms with E-state index in [1.54, 1.807) is 6.92 Å². The molecule has 0 saturated heterocycles. The Bertz CT molecular complexity index is 246. The molecule has 0 amide bonds. The fourth-order valence-corrected chi connectivity index (χ4v) is 0.807. The molecule has 1 nitrogen and oxygen atoms in total. The summed E-state index contributed by atoms with van der Waals surface area (Å²) in [5.41, 5.74) is 2.68. The van der Waals surface area contributed by atoms with Crippen LogP contribution in [-0.2, 0) is 4.79 Å². The average molecular weight is 178 g/mol. The van der Waals surface area contributed by atoms with Gasteiger partial charge >= 0.3 is 0 Å². The number of benzene rings is 1. The summed E-state index contributed by atoms with van der Waals surface area (Å²) in [6.07, 6.45) is 0.667. The maximum Gasteiger partial charge on any atom is 0.129 e. The van der Waals surface area contributed by atoms with Gasteiger partial charge in [0.2, 0.25) is 0 Å². The van der Waals surface area contributed by atoms with Gasteiger partial charge in [-0.1, -0.05) is 42.3 Å². The summed E-state index contributed by atoms with van der Waals surface area (Å²) in [6, 6.07) is 8.45. The van der Waals surface area contributed by atoms with Crippen LogP contribution in [0.2, 0.25) is 0 Å². The topological polar surface area (TPSA) is 17.1 Å². The van der Waals surface area contributed by atoms with Crippen LogP contribution in [-0.4, -0.2) is 5.78 Å². The number of ketones is 1. The predicted molar refractivity (Wildman–Crippen MR) is 56.9 cm³/mol. The molecule has 0 aliphatic rings. The molecule has 0 aromatic heterocycles. The van der Waals surface area contributed by atoms with Crippen LogP contribution >= 0.6 is 0 Å². The molecule has 0 spiro atoms. The molecule has 0 fully saturated rings. The summed E-state index contributed by atoms with van der Waals surface area (Å²) in [5.74, 6) is 0.255. The highest BCUT2D eigenvalue weighted by Crippen LogP contribution is 2.00. The Hall–Kier alpha value is -1.11. The lowest BCUT2D eigenvalue weighted by Gasteiger charge is -1.90. The van der Waals surface area contributed by atoms with E-state index >= 15 is 0 Å². The summed E-state index contributed by atoms with van der Waals surface area (Å²) >= 11 is 0. The zero-order valence-electron chi connectivity index (χ0n) is 8.92. The summed E-state index contributed by atoms with van der Waals surface area (Å²) < 4.78 is 0. The number of Topliss-reactive ketones (excluding diaryl/α,β-unsaturated/α-hetero) is 1. The highest BCUT2D eigenvalue weighted by molar-refractivity contribution is 5.74. The van der Waals surface area contributed by atoms with E-state index in [4.69, 9.17) is 0 Å². The van der Waals surface area contributed by atoms with E-state index in [2.05, 4.69) is 38.1 Å². The summed E-state index contributed by atoms with van der Waals surface area (Å²) in [6.45, 7) is 7.64. The summed E-state index contributed by atoms with van der Waals surface area (Å²) in [7, 11) is 0. The molecule has 0 bridgehead atoms. The van der Waals surface area contributed by atoms with E-state index in [1.165, 1.54) is 11.1 Å². The highest BCUT2D eigenvalue weighted by atomic mass is 16.1. The van der Waals surface area contributed by atoms with Gasteiger partial charge in [-0.3, -0.25) is 0 Å². The van der Waals surface area contributed by atoms with Gasteiger partial charge in [-0.15, -0.1) is 0 Å². The van der Waals surface area contributed by atoms with Crippen LogP contribution in [0.15, 0.2) is 24.3 Å². The predicted octanol–water partition coefficient (Wildman–Crippen LogP) is 3.29. The molecule has 1 heteroatoms. The quantitative estimate of drug-likeness (QED) is 0.645. The van der Waals surface area contributed by atoms with Gasteiger partial charge in [0, 0.05) is 6.42 Å². The number of carbonyl (C=O) groups excluding carboxylic acids is 1. The summed E-state index contributed by atoms with van der Waals surface area (Å²) in [5, 5.41) is 0. The Balaban J connectivity index is 0.000000252. The minimum absolute atomic E-state index is 0.255. The molecule has 1 aromatic carbocycles. The Morgan fingerprint density at radius 1 is 1.23 bits per heavy atom. The van der Waals surface area contributed by atoms with Crippen LogP contribution < -0.4 is 0 Å². The number of carbonyl (C=O) groups is 1. The van der Waals surface area contributed by atoms with Gasteiger partial charge in [-0.2, -0.15) is 0 Å². The van der Waals surface area contributed by atoms with Crippen LogP contribution in [0, 0.1) is 13.8 Å². The van der Waals surface area contributed by atoms with Gasteiger partial charge in [-0.25, -0.2) is 0 Å². The second-order valence-electron chi connectivity index (χ2n) is 3.21. The Morgan fingerprint density at radius 3 is 1.77 bits per heavy atom. The van der Waals surface area contributed by atoms with Crippen molar-refractivity contribution < 1.29 is 4.79 Å². The van der Waals surface area contributed by atoms with Crippen LogP contribution in [0.1, 0.15) is 31.4 Å². The molecule has 13 heavy (non-hydrogen) atoms. The normalized spacial score (nSPS) is 8.62. The van der Waals surface area contributed by atoms with Crippen molar-refractivity contribution in [2.75, 3.05) is 0 Å². The lowest BCUT2D eigenvalue weighted by molar-refractivity contribution is -0.116. The molecule has 0 aliphatic carbocycles. The first-order valence-electron chi connectivity index (χ1n) is 4.59. The van der Waals surface area contributed by atoms with Gasteiger partial charge in [0.25, 0.3) is 0 Å². The highest BCUT2D eigenvalue weighted by Gasteiger charge is 1.80. The molecule has 0 heterocycles. The van der Waals surface area contributed by atoms with Gasteiger partial charge < -0.3 is 4.79 Å². The van der Waals surface area contributed by atoms with Crippen molar-refractivity contribution in [3.8, 4) is 0 Å². The van der Waals surface area contributed by atoms with E-state index in [0.29, 0.717) is 6.42 Å². The first kappa shape index (κ1) is 11.9. The Labute approximate surface area is 80.8 Å². The lowest BCUT2D eigenvalue weighted by Crippen LogP contribution is -1.80. The van der Waals surface area contributed by atoms with E-state index in [0.717, 1.165) is 0 Å². The van der Waals surface area contributed by atoms with Crippen LogP contribution in [0.5, 0.6) is 0 Å². The van der Waals surface area contributed by atoms with Gasteiger partial charge in [0.05, 0.1) is 0 Å². The second-order valence-corrected chi connectivity index (χ2v) is 3.21. The summed E-state index contributed by atoms with van der Waals surface area (Å²) in [4.78, 5) is 9.81. The lowest BCUT2D eigenvalue weighted by atomic mass is 10.2. The first-order chi connectivity index (χ1) is 6.06. The van der Waals surface area contributed by atoms with E-state index in [1.807, 2.05) is 6.92 Å². The van der Waals surface area contributed by atoms with Crippen molar-refractivity contribution in [3.05, 3.63) is 35.4 Å². The molecule has 0 radical (unpaired) electrons. The molecule has 72 valence electrons. The zero-order valence-corrected chi connectivity index (χ0v) is 8.92. The third kappa shape index (κ3) is 7.26. The zero-order chi connectivity index (χ0) is 10.3. The molecule has 1 rings (SSSR count). The van der Waals surface area contributed by atoms with Crippen LogP contribution in [0.4, 0.5) is 0 Å². The first-order valence-corrected chi connectivity index (χ1v) is 4.59. The third-order valence-electron chi connectivity index (χ3n) is 1.67. The molecule has 1 aromatic rings.